The van der Waals surface area contributed by atoms with Crippen molar-refractivity contribution in [3.63, 3.8) is 0 Å². The second-order valence-corrected chi connectivity index (χ2v) is 7.28. The lowest BCUT2D eigenvalue weighted by Crippen LogP contribution is -2.50. The maximum absolute atomic E-state index is 12.2. The first-order valence-electron chi connectivity index (χ1n) is 7.03. The average molecular weight is 373 g/mol. The van der Waals surface area contributed by atoms with E-state index < -0.39 is 29.6 Å². The second kappa shape index (κ2) is 6.78. The number of amides is 3. The van der Waals surface area contributed by atoms with Crippen molar-refractivity contribution in [2.45, 2.75) is 39.3 Å². The quantitative estimate of drug-likeness (QED) is 0.804. The van der Waals surface area contributed by atoms with E-state index in [2.05, 4.69) is 15.6 Å². The van der Waals surface area contributed by atoms with Gasteiger partial charge in [-0.05, 0) is 27.7 Å². The standard InChI is InChI=1S/C14H17ClN4O4S/c1-7(10(20)17-12(22)18-14(2,3)4)23-11(21)8-9(15)16-13-19(8)5-6-24-13/h5-7H,1-4H3,(H2,17,18,20,22)/t7-/m1/s1. The Labute approximate surface area is 147 Å². The maximum Gasteiger partial charge on any atom is 0.359 e. The summed E-state index contributed by atoms with van der Waals surface area (Å²) in [6, 6.07) is -0.669. The Bertz CT molecular complexity index is 792. The first-order chi connectivity index (χ1) is 11.1. The SMILES string of the molecule is C[C@@H](OC(=O)c1c(Cl)nc2sccn12)C(=O)NC(=O)NC(C)(C)C. The van der Waals surface area contributed by atoms with Gasteiger partial charge in [-0.15, -0.1) is 11.3 Å². The monoisotopic (exact) mass is 372 g/mol. The molecule has 2 rings (SSSR count). The number of hydrogen-bond donors (Lipinski definition) is 2. The Morgan fingerprint density at radius 2 is 2.04 bits per heavy atom. The number of ether oxygens (including phenoxy) is 1. The molecule has 0 unspecified atom stereocenters. The van der Waals surface area contributed by atoms with Crippen molar-refractivity contribution >= 4 is 45.8 Å². The van der Waals surface area contributed by atoms with E-state index in [0.29, 0.717) is 4.96 Å². The Morgan fingerprint density at radius 3 is 2.67 bits per heavy atom. The molecule has 2 aromatic rings. The summed E-state index contributed by atoms with van der Waals surface area (Å²) in [6.07, 6.45) is 0.445. The number of esters is 1. The topological polar surface area (TPSA) is 102 Å². The van der Waals surface area contributed by atoms with Crippen LogP contribution in [0.15, 0.2) is 11.6 Å². The van der Waals surface area contributed by atoms with E-state index in [-0.39, 0.29) is 10.8 Å². The Hall–Kier alpha value is -2.13. The number of halogens is 1. The number of nitrogens with one attached hydrogen (secondary N) is 2. The van der Waals surface area contributed by atoms with E-state index in [1.807, 2.05) is 0 Å². The fraction of sp³-hybridized carbons (Fsp3) is 0.429. The molecular formula is C14H17ClN4O4S. The minimum absolute atomic E-state index is 0.00932. The average Bonchev–Trinajstić information content (AvgIpc) is 2.95. The molecule has 0 aliphatic heterocycles. The largest absolute Gasteiger partial charge is 0.448 e. The highest BCUT2D eigenvalue weighted by atomic mass is 35.5. The molecule has 8 nitrogen and oxygen atoms in total. The number of imide groups is 1. The number of carbonyl (C=O) groups excluding carboxylic acids is 3. The summed E-state index contributed by atoms with van der Waals surface area (Å²) in [6.45, 7) is 6.67. The van der Waals surface area contributed by atoms with Crippen molar-refractivity contribution in [2.24, 2.45) is 0 Å². The van der Waals surface area contributed by atoms with Crippen molar-refractivity contribution < 1.29 is 19.1 Å². The predicted octanol–water partition coefficient (Wildman–Crippen LogP) is 2.22. The van der Waals surface area contributed by atoms with E-state index in [1.165, 1.54) is 22.7 Å². The van der Waals surface area contributed by atoms with Gasteiger partial charge in [0.2, 0.25) is 0 Å². The van der Waals surface area contributed by atoms with Gasteiger partial charge in [-0.3, -0.25) is 14.5 Å². The van der Waals surface area contributed by atoms with Crippen LogP contribution in [0, 0.1) is 0 Å². The van der Waals surface area contributed by atoms with E-state index in [4.69, 9.17) is 16.3 Å². The highest BCUT2D eigenvalue weighted by molar-refractivity contribution is 7.15. The maximum atomic E-state index is 12.2. The fourth-order valence-corrected chi connectivity index (χ4v) is 2.81. The summed E-state index contributed by atoms with van der Waals surface area (Å²) < 4.78 is 6.55. The molecule has 130 valence electrons. The van der Waals surface area contributed by atoms with Crippen molar-refractivity contribution in [3.05, 3.63) is 22.4 Å². The van der Waals surface area contributed by atoms with Crippen molar-refractivity contribution in [3.8, 4) is 0 Å². The summed E-state index contributed by atoms with van der Waals surface area (Å²) in [5.74, 6) is -1.54. The molecule has 10 heteroatoms. The van der Waals surface area contributed by atoms with Gasteiger partial charge in [0.25, 0.3) is 5.91 Å². The summed E-state index contributed by atoms with van der Waals surface area (Å²) in [7, 11) is 0. The number of rotatable bonds is 3. The van der Waals surface area contributed by atoms with Gasteiger partial charge in [-0.1, -0.05) is 11.6 Å². The van der Waals surface area contributed by atoms with Gasteiger partial charge < -0.3 is 10.1 Å². The first kappa shape index (κ1) is 18.2. The van der Waals surface area contributed by atoms with Gasteiger partial charge in [0.15, 0.2) is 21.9 Å². The number of thiazole rings is 1. The number of hydrogen-bond acceptors (Lipinski definition) is 6. The smallest absolute Gasteiger partial charge is 0.359 e. The highest BCUT2D eigenvalue weighted by Crippen LogP contribution is 2.22. The van der Waals surface area contributed by atoms with Gasteiger partial charge in [0.05, 0.1) is 0 Å². The number of imidazole rings is 1. The Kier molecular flexibility index (Phi) is 5.14. The van der Waals surface area contributed by atoms with Gasteiger partial charge in [0, 0.05) is 17.1 Å². The molecule has 0 fully saturated rings. The van der Waals surface area contributed by atoms with Crippen LogP contribution < -0.4 is 10.6 Å². The summed E-state index contributed by atoms with van der Waals surface area (Å²) in [5.41, 5.74) is -0.466. The molecule has 2 N–H and O–H groups in total. The van der Waals surface area contributed by atoms with E-state index in [9.17, 15) is 14.4 Å². The van der Waals surface area contributed by atoms with Crippen LogP contribution in [0.25, 0.3) is 4.96 Å². The van der Waals surface area contributed by atoms with Gasteiger partial charge >= 0.3 is 12.0 Å². The van der Waals surface area contributed by atoms with Crippen LogP contribution in [0.2, 0.25) is 5.15 Å². The van der Waals surface area contributed by atoms with Crippen molar-refractivity contribution in [1.82, 2.24) is 20.0 Å². The zero-order valence-corrected chi connectivity index (χ0v) is 15.1. The van der Waals surface area contributed by atoms with Crippen LogP contribution >= 0.6 is 22.9 Å². The van der Waals surface area contributed by atoms with E-state index in [1.54, 1.807) is 32.3 Å². The van der Waals surface area contributed by atoms with Gasteiger partial charge in [-0.2, -0.15) is 0 Å². The van der Waals surface area contributed by atoms with Crippen LogP contribution in [0.3, 0.4) is 0 Å². The molecule has 24 heavy (non-hydrogen) atoms. The fourth-order valence-electron chi connectivity index (χ4n) is 1.80. The third-order valence-electron chi connectivity index (χ3n) is 2.79. The molecule has 0 saturated carbocycles. The van der Waals surface area contributed by atoms with Crippen LogP contribution in [0.5, 0.6) is 0 Å². The lowest BCUT2D eigenvalue weighted by Gasteiger charge is -2.21. The highest BCUT2D eigenvalue weighted by Gasteiger charge is 2.26. The molecule has 1 atom stereocenters. The molecule has 0 radical (unpaired) electrons. The second-order valence-electron chi connectivity index (χ2n) is 6.05. The molecule has 0 aromatic carbocycles. The first-order valence-corrected chi connectivity index (χ1v) is 8.29. The third kappa shape index (κ3) is 4.24. The Morgan fingerprint density at radius 1 is 1.38 bits per heavy atom. The molecule has 0 aliphatic carbocycles. The molecule has 2 aromatic heterocycles. The Balaban J connectivity index is 2.01. The summed E-state index contributed by atoms with van der Waals surface area (Å²) >= 11 is 7.24. The lowest BCUT2D eigenvalue weighted by molar-refractivity contribution is -0.127. The predicted molar refractivity (Wildman–Crippen MR) is 89.4 cm³/mol. The van der Waals surface area contributed by atoms with Gasteiger partial charge in [-0.25, -0.2) is 14.6 Å². The van der Waals surface area contributed by atoms with Crippen LogP contribution in [0.4, 0.5) is 4.79 Å². The van der Waals surface area contributed by atoms with Crippen LogP contribution in [-0.2, 0) is 9.53 Å². The van der Waals surface area contributed by atoms with E-state index >= 15 is 0 Å². The number of urea groups is 1. The van der Waals surface area contributed by atoms with Crippen molar-refractivity contribution in [1.29, 1.82) is 0 Å². The molecule has 0 saturated heterocycles. The zero-order chi connectivity index (χ0) is 18.1. The number of carbonyl (C=O) groups is 3. The molecule has 2 heterocycles. The summed E-state index contributed by atoms with van der Waals surface area (Å²) in [5, 5.41) is 6.41. The van der Waals surface area contributed by atoms with Crippen LogP contribution in [-0.4, -0.2) is 38.9 Å². The molecular weight excluding hydrogens is 356 g/mol. The number of fused-ring (bicyclic) bond motifs is 1. The number of aromatic nitrogens is 2. The third-order valence-corrected chi connectivity index (χ3v) is 3.81. The van der Waals surface area contributed by atoms with E-state index in [0.717, 1.165) is 0 Å². The molecule has 0 spiro atoms. The minimum atomic E-state index is -1.18. The molecule has 3 amide bonds. The lowest BCUT2D eigenvalue weighted by atomic mass is 10.1. The zero-order valence-electron chi connectivity index (χ0n) is 13.5. The summed E-state index contributed by atoms with van der Waals surface area (Å²) in [4.78, 5) is 40.4. The number of nitrogens with zero attached hydrogens (tertiary/aromatic N) is 2. The minimum Gasteiger partial charge on any atom is -0.448 e. The van der Waals surface area contributed by atoms with Crippen molar-refractivity contribution in [2.75, 3.05) is 0 Å². The molecule has 0 bridgehead atoms. The van der Waals surface area contributed by atoms with Crippen LogP contribution in [0.1, 0.15) is 38.2 Å². The normalized spacial score (nSPS) is 12.7. The van der Waals surface area contributed by atoms with Gasteiger partial charge in [0.1, 0.15) is 0 Å². The molecule has 0 aliphatic rings.